The van der Waals surface area contributed by atoms with Crippen LogP contribution in [0.15, 0.2) is 0 Å². The maximum Gasteiger partial charge on any atom is 0.233 e. The van der Waals surface area contributed by atoms with Crippen molar-refractivity contribution >= 4 is 5.91 Å². The quantitative estimate of drug-likeness (QED) is 0.591. The Hall–Kier alpha value is -0.610. The van der Waals surface area contributed by atoms with E-state index in [4.69, 9.17) is 0 Å². The summed E-state index contributed by atoms with van der Waals surface area (Å²) in [5.41, 5.74) is 0. The summed E-state index contributed by atoms with van der Waals surface area (Å²) in [5, 5.41) is 6.13. The van der Waals surface area contributed by atoms with Crippen LogP contribution in [0.5, 0.6) is 0 Å². The highest BCUT2D eigenvalue weighted by Crippen LogP contribution is 2.26. The van der Waals surface area contributed by atoms with Crippen LogP contribution in [0, 0.1) is 0 Å². The Labute approximate surface area is 105 Å². The van der Waals surface area contributed by atoms with E-state index in [9.17, 15) is 4.79 Å². The molecule has 1 atom stereocenters. The van der Waals surface area contributed by atoms with E-state index in [2.05, 4.69) is 36.4 Å². The molecule has 17 heavy (non-hydrogen) atoms. The monoisotopic (exact) mass is 241 g/mol. The lowest BCUT2D eigenvalue weighted by molar-refractivity contribution is -0.120. The molecule has 0 heterocycles. The molecule has 1 unspecified atom stereocenters. The van der Waals surface area contributed by atoms with E-state index in [-0.39, 0.29) is 5.91 Å². The molecule has 0 spiro atoms. The molecule has 0 aliphatic heterocycles. The molecule has 2 N–H and O–H groups in total. The second-order valence-electron chi connectivity index (χ2n) is 5.08. The summed E-state index contributed by atoms with van der Waals surface area (Å²) in [6.45, 7) is 6.45. The zero-order chi connectivity index (χ0) is 12.7. The van der Waals surface area contributed by atoms with Gasteiger partial charge in [0.05, 0.1) is 6.54 Å². The molecule has 0 saturated heterocycles. The third-order valence-corrected chi connectivity index (χ3v) is 3.40. The van der Waals surface area contributed by atoms with Gasteiger partial charge >= 0.3 is 0 Å². The third-order valence-electron chi connectivity index (χ3n) is 3.40. The number of unbranched alkanes of at least 4 members (excludes halogenated alkanes) is 1. The van der Waals surface area contributed by atoms with Crippen molar-refractivity contribution in [2.75, 3.05) is 26.7 Å². The Morgan fingerprint density at radius 3 is 2.76 bits per heavy atom. The topological polar surface area (TPSA) is 44.4 Å². The summed E-state index contributed by atoms with van der Waals surface area (Å²) in [6, 6.07) is 1.29. The van der Waals surface area contributed by atoms with Crippen molar-refractivity contribution in [1.29, 1.82) is 0 Å². The zero-order valence-corrected chi connectivity index (χ0v) is 11.5. The summed E-state index contributed by atoms with van der Waals surface area (Å²) in [6.07, 6.45) is 4.85. The molecular weight excluding hydrogens is 214 g/mol. The van der Waals surface area contributed by atoms with Gasteiger partial charge in [-0.15, -0.1) is 0 Å². The van der Waals surface area contributed by atoms with Gasteiger partial charge < -0.3 is 10.6 Å². The van der Waals surface area contributed by atoms with Gasteiger partial charge in [0.2, 0.25) is 5.91 Å². The fraction of sp³-hybridized carbons (Fsp3) is 0.923. The van der Waals surface area contributed by atoms with E-state index < -0.39 is 0 Å². The summed E-state index contributed by atoms with van der Waals surface area (Å²) in [5.74, 6) is 0.111. The number of carbonyl (C=O) groups excluding carboxylic acids is 1. The second kappa shape index (κ2) is 7.67. The van der Waals surface area contributed by atoms with E-state index in [0.717, 1.165) is 32.0 Å². The van der Waals surface area contributed by atoms with Crippen molar-refractivity contribution in [2.45, 2.75) is 51.6 Å². The number of likely N-dealkylation sites (N-methyl/N-ethyl adjacent to an activating group) is 1. The first-order valence-corrected chi connectivity index (χ1v) is 6.84. The predicted molar refractivity (Wildman–Crippen MR) is 71.0 cm³/mol. The largest absolute Gasteiger partial charge is 0.355 e. The maximum absolute atomic E-state index is 11.4. The van der Waals surface area contributed by atoms with E-state index in [1.54, 1.807) is 0 Å². The highest BCUT2D eigenvalue weighted by molar-refractivity contribution is 5.77. The van der Waals surface area contributed by atoms with Crippen LogP contribution in [-0.4, -0.2) is 49.6 Å². The molecule has 0 radical (unpaired) electrons. The van der Waals surface area contributed by atoms with Gasteiger partial charge in [-0.2, -0.15) is 0 Å². The van der Waals surface area contributed by atoms with Crippen LogP contribution >= 0.6 is 0 Å². The van der Waals surface area contributed by atoms with Crippen molar-refractivity contribution in [3.05, 3.63) is 0 Å². The van der Waals surface area contributed by atoms with Gasteiger partial charge in [0.1, 0.15) is 0 Å². The smallest absolute Gasteiger partial charge is 0.233 e. The molecule has 0 aromatic heterocycles. The number of nitrogens with one attached hydrogen (secondary N) is 2. The molecule has 0 aromatic carbocycles. The minimum Gasteiger partial charge on any atom is -0.355 e. The fourth-order valence-electron chi connectivity index (χ4n) is 1.85. The molecule has 1 saturated carbocycles. The van der Waals surface area contributed by atoms with Gasteiger partial charge in [-0.05, 0) is 33.2 Å². The molecule has 0 bridgehead atoms. The molecule has 100 valence electrons. The molecule has 4 nitrogen and oxygen atoms in total. The van der Waals surface area contributed by atoms with Crippen LogP contribution in [0.2, 0.25) is 0 Å². The first kappa shape index (κ1) is 14.5. The minimum atomic E-state index is 0.111. The SMILES string of the molecule is CCCCNC(=O)CNCC(C)N(C)C1CC1. The Morgan fingerprint density at radius 2 is 2.18 bits per heavy atom. The molecule has 1 fully saturated rings. The van der Waals surface area contributed by atoms with Gasteiger partial charge in [-0.3, -0.25) is 9.69 Å². The first-order chi connectivity index (χ1) is 8.15. The van der Waals surface area contributed by atoms with Crippen LogP contribution in [-0.2, 0) is 4.79 Å². The van der Waals surface area contributed by atoms with Crippen molar-refractivity contribution in [2.24, 2.45) is 0 Å². The normalized spacial score (nSPS) is 17.2. The second-order valence-corrected chi connectivity index (χ2v) is 5.08. The van der Waals surface area contributed by atoms with Crippen LogP contribution in [0.25, 0.3) is 0 Å². The fourth-order valence-corrected chi connectivity index (χ4v) is 1.85. The number of hydrogen-bond donors (Lipinski definition) is 2. The lowest BCUT2D eigenvalue weighted by Gasteiger charge is -2.24. The summed E-state index contributed by atoms with van der Waals surface area (Å²) in [4.78, 5) is 13.8. The number of hydrogen-bond acceptors (Lipinski definition) is 3. The van der Waals surface area contributed by atoms with Gasteiger partial charge in [-0.25, -0.2) is 0 Å². The molecule has 4 heteroatoms. The Balaban J connectivity index is 2.00. The average Bonchev–Trinajstić information content (AvgIpc) is 3.12. The molecule has 1 aliphatic carbocycles. The molecule has 1 amide bonds. The Bertz CT molecular complexity index is 229. The van der Waals surface area contributed by atoms with Gasteiger partial charge in [0.25, 0.3) is 0 Å². The van der Waals surface area contributed by atoms with Crippen LogP contribution in [0.3, 0.4) is 0 Å². The van der Waals surface area contributed by atoms with Crippen LogP contribution in [0.1, 0.15) is 39.5 Å². The summed E-state index contributed by atoms with van der Waals surface area (Å²) >= 11 is 0. The number of rotatable bonds is 9. The molecule has 0 aromatic rings. The molecule has 1 rings (SSSR count). The minimum absolute atomic E-state index is 0.111. The molecule has 1 aliphatic rings. The van der Waals surface area contributed by atoms with E-state index >= 15 is 0 Å². The Morgan fingerprint density at radius 1 is 1.47 bits per heavy atom. The van der Waals surface area contributed by atoms with Crippen LogP contribution < -0.4 is 10.6 Å². The summed E-state index contributed by atoms with van der Waals surface area (Å²) in [7, 11) is 2.17. The van der Waals surface area contributed by atoms with E-state index in [1.807, 2.05) is 0 Å². The lowest BCUT2D eigenvalue weighted by Crippen LogP contribution is -2.42. The lowest BCUT2D eigenvalue weighted by atomic mass is 10.3. The number of amides is 1. The van der Waals surface area contributed by atoms with Crippen molar-refractivity contribution < 1.29 is 4.79 Å². The summed E-state index contributed by atoms with van der Waals surface area (Å²) < 4.78 is 0. The van der Waals surface area contributed by atoms with Gasteiger partial charge in [-0.1, -0.05) is 13.3 Å². The van der Waals surface area contributed by atoms with Crippen molar-refractivity contribution in [3.63, 3.8) is 0 Å². The average molecular weight is 241 g/mol. The van der Waals surface area contributed by atoms with E-state index in [0.29, 0.717) is 12.6 Å². The third kappa shape index (κ3) is 6.03. The Kier molecular flexibility index (Phi) is 6.52. The number of carbonyl (C=O) groups is 1. The van der Waals surface area contributed by atoms with E-state index in [1.165, 1.54) is 12.8 Å². The van der Waals surface area contributed by atoms with Crippen LogP contribution in [0.4, 0.5) is 0 Å². The number of nitrogens with zero attached hydrogens (tertiary/aromatic N) is 1. The molecular formula is C13H27N3O. The van der Waals surface area contributed by atoms with Crippen molar-refractivity contribution in [3.8, 4) is 0 Å². The van der Waals surface area contributed by atoms with Gasteiger partial charge in [0.15, 0.2) is 0 Å². The van der Waals surface area contributed by atoms with Crippen molar-refractivity contribution in [1.82, 2.24) is 15.5 Å². The zero-order valence-electron chi connectivity index (χ0n) is 11.5. The standard InChI is InChI=1S/C13H27N3O/c1-4-5-8-15-13(17)10-14-9-11(2)16(3)12-6-7-12/h11-12,14H,4-10H2,1-3H3,(H,15,17). The maximum atomic E-state index is 11.4. The highest BCUT2D eigenvalue weighted by atomic mass is 16.1. The van der Waals surface area contributed by atoms with Gasteiger partial charge in [0, 0.05) is 25.2 Å². The predicted octanol–water partition coefficient (Wildman–Crippen LogP) is 0.975. The highest BCUT2D eigenvalue weighted by Gasteiger charge is 2.28. The first-order valence-electron chi connectivity index (χ1n) is 6.84.